The van der Waals surface area contributed by atoms with Crippen molar-refractivity contribution in [2.24, 2.45) is 0 Å². The zero-order valence-electron chi connectivity index (χ0n) is 26.5. The van der Waals surface area contributed by atoms with Crippen LogP contribution in [0.15, 0.2) is 60.1 Å². The average Bonchev–Trinajstić information content (AvgIpc) is 3.83. The number of carbonyl (C=O) groups excluding carboxylic acids is 4. The summed E-state index contributed by atoms with van der Waals surface area (Å²) in [6, 6.07) is 13.5. The SMILES string of the molecule is COc1ccc2cc1O[C@H]1C[C@@H](C(=O)NCCCCN(C(=O)c3sccc3C)CCCNC2=O)N(C(=O)c2ccc3[nH]ccc3c2)C1. The van der Waals surface area contributed by atoms with Gasteiger partial charge in [-0.2, -0.15) is 0 Å². The van der Waals surface area contributed by atoms with Gasteiger partial charge in [-0.05, 0) is 85.7 Å². The van der Waals surface area contributed by atoms with E-state index in [0.717, 1.165) is 16.5 Å². The van der Waals surface area contributed by atoms with Crippen LogP contribution in [-0.2, 0) is 4.79 Å². The number of aryl methyl sites for hydroxylation is 1. The highest BCUT2D eigenvalue weighted by atomic mass is 32.1. The molecule has 4 amide bonds. The Balaban J connectivity index is 1.25. The van der Waals surface area contributed by atoms with Crippen LogP contribution in [0.5, 0.6) is 11.5 Å². The Kier molecular flexibility index (Phi) is 9.76. The first-order valence-corrected chi connectivity index (χ1v) is 16.8. The van der Waals surface area contributed by atoms with Crippen molar-refractivity contribution >= 4 is 45.9 Å². The average molecular weight is 658 g/mol. The zero-order chi connectivity index (χ0) is 32.9. The number of ether oxygens (including phenoxy) is 2. The molecule has 4 aromatic rings. The molecule has 4 heterocycles. The molecule has 0 spiro atoms. The molecule has 11 nitrogen and oxygen atoms in total. The van der Waals surface area contributed by atoms with Crippen LogP contribution in [0.25, 0.3) is 10.9 Å². The predicted molar refractivity (Wildman–Crippen MR) is 179 cm³/mol. The van der Waals surface area contributed by atoms with Crippen LogP contribution in [0, 0.1) is 6.92 Å². The number of benzene rings is 2. The number of likely N-dealkylation sites (tertiary alicyclic amines) is 1. The van der Waals surface area contributed by atoms with Gasteiger partial charge in [0.05, 0.1) is 18.5 Å². The van der Waals surface area contributed by atoms with Crippen molar-refractivity contribution < 1.29 is 28.7 Å². The predicted octanol–water partition coefficient (Wildman–Crippen LogP) is 4.38. The number of carbonyl (C=O) groups is 4. The van der Waals surface area contributed by atoms with E-state index in [1.165, 1.54) is 18.4 Å². The molecular weight excluding hydrogens is 618 g/mol. The summed E-state index contributed by atoms with van der Waals surface area (Å²) in [4.78, 5) is 61.3. The van der Waals surface area contributed by atoms with E-state index in [1.807, 2.05) is 47.7 Å². The lowest BCUT2D eigenvalue weighted by Gasteiger charge is -2.24. The number of nitrogens with zero attached hydrogens (tertiary/aromatic N) is 2. The standard InChI is InChI=1S/C35H39N5O6S/c1-22-11-17-47-31(22)35(44)39-15-4-3-12-38-33(42)28-20-26(21-40(28)34(43)25-6-8-27-23(18-25)10-14-36-27)46-30-19-24(7-9-29(30)45-2)32(41)37-13-5-16-39/h6-11,14,17-19,26,28,36H,3-5,12-13,15-16,20-21H2,1-2H3,(H,37,41)(H,38,42)/t26-,28-/m0/s1. The second kappa shape index (κ2) is 14.3. The van der Waals surface area contributed by atoms with Gasteiger partial charge in [0.25, 0.3) is 17.7 Å². The van der Waals surface area contributed by atoms with E-state index in [-0.39, 0.29) is 36.6 Å². The maximum atomic E-state index is 13.9. The first-order chi connectivity index (χ1) is 22.8. The van der Waals surface area contributed by atoms with E-state index in [9.17, 15) is 19.2 Å². The number of aromatic amines is 1. The molecule has 246 valence electrons. The molecule has 1 saturated heterocycles. The summed E-state index contributed by atoms with van der Waals surface area (Å²) in [7, 11) is 1.52. The van der Waals surface area contributed by atoms with Crippen molar-refractivity contribution in [1.29, 1.82) is 0 Å². The smallest absolute Gasteiger partial charge is 0.264 e. The van der Waals surface area contributed by atoms with Crippen molar-refractivity contribution in [1.82, 2.24) is 25.4 Å². The number of fused-ring (bicyclic) bond motifs is 5. The largest absolute Gasteiger partial charge is 0.493 e. The lowest BCUT2D eigenvalue weighted by molar-refractivity contribution is -0.124. The van der Waals surface area contributed by atoms with E-state index in [4.69, 9.17) is 9.47 Å². The van der Waals surface area contributed by atoms with E-state index in [1.54, 1.807) is 29.2 Å². The van der Waals surface area contributed by atoms with Crippen molar-refractivity contribution in [2.75, 3.05) is 39.8 Å². The fraction of sp³-hybridized carbons (Fsp3) is 0.371. The second-order valence-electron chi connectivity index (χ2n) is 11.9. The Morgan fingerprint density at radius 2 is 1.79 bits per heavy atom. The van der Waals surface area contributed by atoms with Crippen LogP contribution in [0.2, 0.25) is 0 Å². The third-order valence-corrected chi connectivity index (χ3v) is 9.74. The minimum Gasteiger partial charge on any atom is -0.493 e. The van der Waals surface area contributed by atoms with E-state index >= 15 is 0 Å². The summed E-state index contributed by atoms with van der Waals surface area (Å²) >= 11 is 1.43. The van der Waals surface area contributed by atoms with Gasteiger partial charge in [-0.25, -0.2) is 0 Å². The van der Waals surface area contributed by atoms with Crippen LogP contribution in [0.4, 0.5) is 0 Å². The molecule has 2 atom stereocenters. The number of thiophene rings is 1. The Bertz CT molecular complexity index is 1780. The third kappa shape index (κ3) is 7.12. The lowest BCUT2D eigenvalue weighted by atomic mass is 10.1. The molecule has 47 heavy (non-hydrogen) atoms. The van der Waals surface area contributed by atoms with Gasteiger partial charge in [-0.3, -0.25) is 19.2 Å². The van der Waals surface area contributed by atoms with E-state index < -0.39 is 12.1 Å². The van der Waals surface area contributed by atoms with Gasteiger partial charge in [0.15, 0.2) is 11.5 Å². The quantitative estimate of drug-likeness (QED) is 0.300. The topological polar surface area (TPSA) is 133 Å². The fourth-order valence-corrected chi connectivity index (χ4v) is 7.07. The van der Waals surface area contributed by atoms with Gasteiger partial charge in [0, 0.05) is 60.8 Å². The molecule has 2 aromatic heterocycles. The van der Waals surface area contributed by atoms with Crippen molar-refractivity contribution in [2.45, 2.75) is 44.8 Å². The number of H-pyrrole nitrogens is 1. The van der Waals surface area contributed by atoms with Gasteiger partial charge in [0.1, 0.15) is 12.1 Å². The number of rotatable bonds is 3. The number of aromatic nitrogens is 1. The molecule has 0 saturated carbocycles. The van der Waals surface area contributed by atoms with Crippen LogP contribution in [0.3, 0.4) is 0 Å². The molecule has 6 rings (SSSR count). The van der Waals surface area contributed by atoms with Gasteiger partial charge in [-0.15, -0.1) is 11.3 Å². The van der Waals surface area contributed by atoms with Gasteiger partial charge in [-0.1, -0.05) is 0 Å². The van der Waals surface area contributed by atoms with E-state index in [0.29, 0.717) is 72.9 Å². The molecular formula is C35H39N5O6S. The molecule has 0 aliphatic carbocycles. The van der Waals surface area contributed by atoms with Crippen LogP contribution < -0.4 is 20.1 Å². The Morgan fingerprint density at radius 1 is 0.957 bits per heavy atom. The van der Waals surface area contributed by atoms with Crippen LogP contribution in [-0.4, -0.2) is 90.4 Å². The number of hydrogen-bond donors (Lipinski definition) is 3. The molecule has 3 N–H and O–H groups in total. The molecule has 0 unspecified atom stereocenters. The Hall–Kier alpha value is -4.84. The Morgan fingerprint density at radius 3 is 2.60 bits per heavy atom. The molecule has 2 aliphatic rings. The summed E-state index contributed by atoms with van der Waals surface area (Å²) < 4.78 is 11.9. The maximum Gasteiger partial charge on any atom is 0.264 e. The van der Waals surface area contributed by atoms with Gasteiger partial charge in [0.2, 0.25) is 5.91 Å². The van der Waals surface area contributed by atoms with Crippen LogP contribution in [0.1, 0.15) is 61.6 Å². The maximum absolute atomic E-state index is 13.9. The number of amides is 4. The fourth-order valence-electron chi connectivity index (χ4n) is 6.18. The lowest BCUT2D eigenvalue weighted by Crippen LogP contribution is -2.46. The minimum absolute atomic E-state index is 0.0281. The second-order valence-corrected chi connectivity index (χ2v) is 12.8. The van der Waals surface area contributed by atoms with Gasteiger partial charge >= 0.3 is 0 Å². The summed E-state index contributed by atoms with van der Waals surface area (Å²) in [5.74, 6) is -0.0304. The highest BCUT2D eigenvalue weighted by Gasteiger charge is 2.41. The normalized spacial score (nSPS) is 19.6. The molecule has 4 bridgehead atoms. The molecule has 2 aliphatic heterocycles. The van der Waals surface area contributed by atoms with E-state index in [2.05, 4.69) is 15.6 Å². The van der Waals surface area contributed by atoms with Crippen molar-refractivity contribution in [3.8, 4) is 11.5 Å². The Labute approximate surface area is 277 Å². The third-order valence-electron chi connectivity index (χ3n) is 8.73. The number of methoxy groups -OCH3 is 1. The van der Waals surface area contributed by atoms with Crippen LogP contribution >= 0.6 is 11.3 Å². The summed E-state index contributed by atoms with van der Waals surface area (Å²) in [5.41, 5.74) is 2.73. The molecule has 12 heteroatoms. The zero-order valence-corrected chi connectivity index (χ0v) is 27.4. The number of hydrogen-bond acceptors (Lipinski definition) is 7. The van der Waals surface area contributed by atoms with Crippen molar-refractivity contribution in [3.63, 3.8) is 0 Å². The molecule has 2 aromatic carbocycles. The summed E-state index contributed by atoms with van der Waals surface area (Å²) in [5, 5.41) is 8.80. The minimum atomic E-state index is -0.756. The highest BCUT2D eigenvalue weighted by molar-refractivity contribution is 7.12. The first-order valence-electron chi connectivity index (χ1n) is 15.9. The summed E-state index contributed by atoms with van der Waals surface area (Å²) in [6.07, 6.45) is 3.50. The molecule has 0 radical (unpaired) electrons. The number of nitrogens with one attached hydrogen (secondary N) is 3. The van der Waals surface area contributed by atoms with Crippen molar-refractivity contribution in [3.05, 3.63) is 81.7 Å². The van der Waals surface area contributed by atoms with Gasteiger partial charge < -0.3 is 34.9 Å². The molecule has 1 fully saturated rings. The monoisotopic (exact) mass is 657 g/mol. The summed E-state index contributed by atoms with van der Waals surface area (Å²) in [6.45, 7) is 3.91. The first kappa shape index (κ1) is 32.1. The highest BCUT2D eigenvalue weighted by Crippen LogP contribution is 2.33.